The van der Waals surface area contributed by atoms with Crippen molar-refractivity contribution < 1.29 is 9.53 Å². The van der Waals surface area contributed by atoms with Crippen LogP contribution in [0.1, 0.15) is 43.1 Å². The standard InChI is InChI=1S/C27H34N4O2S/c1-3-33-25-13-11-22(12-14-25)9-10-23-15-17-30(18-16-23)26(32)20-34-27-29-28-21(2)31(27)19-24-7-5-4-6-8-24/h4-8,11-14,23H,3,9-10,15-20H2,1-2H3. The van der Waals surface area contributed by atoms with Crippen molar-refractivity contribution in [1.82, 2.24) is 19.7 Å². The summed E-state index contributed by atoms with van der Waals surface area (Å²) in [5.41, 5.74) is 2.55. The Labute approximate surface area is 206 Å². The topological polar surface area (TPSA) is 60.2 Å². The average molecular weight is 479 g/mol. The van der Waals surface area contributed by atoms with Crippen LogP contribution in [0.15, 0.2) is 59.8 Å². The second kappa shape index (κ2) is 12.1. The molecule has 0 spiro atoms. The molecule has 2 aromatic carbocycles. The Hall–Kier alpha value is -2.80. The Balaban J connectivity index is 1.21. The van der Waals surface area contributed by atoms with Gasteiger partial charge in [-0.1, -0.05) is 54.2 Å². The predicted octanol–water partition coefficient (Wildman–Crippen LogP) is 5.00. The molecule has 0 bridgehead atoms. The monoisotopic (exact) mass is 478 g/mol. The van der Waals surface area contributed by atoms with Crippen molar-refractivity contribution in [2.45, 2.75) is 51.2 Å². The summed E-state index contributed by atoms with van der Waals surface area (Å²) in [5.74, 6) is 3.09. The van der Waals surface area contributed by atoms with Gasteiger partial charge in [0.15, 0.2) is 5.16 Å². The molecule has 0 aliphatic carbocycles. The maximum Gasteiger partial charge on any atom is 0.233 e. The molecule has 4 rings (SSSR count). The van der Waals surface area contributed by atoms with Crippen LogP contribution in [0.3, 0.4) is 0 Å². The Morgan fingerprint density at radius 1 is 1.03 bits per heavy atom. The number of nitrogens with zero attached hydrogens (tertiary/aromatic N) is 4. The highest BCUT2D eigenvalue weighted by molar-refractivity contribution is 7.99. The molecule has 180 valence electrons. The number of likely N-dealkylation sites (tertiary alicyclic amines) is 1. The molecule has 6 nitrogen and oxygen atoms in total. The van der Waals surface area contributed by atoms with Crippen LogP contribution in [0.2, 0.25) is 0 Å². The molecule has 1 fully saturated rings. The van der Waals surface area contributed by atoms with Gasteiger partial charge in [0.1, 0.15) is 11.6 Å². The van der Waals surface area contributed by atoms with Crippen LogP contribution in [0.25, 0.3) is 0 Å². The van der Waals surface area contributed by atoms with E-state index in [9.17, 15) is 4.79 Å². The number of piperidine rings is 1. The van der Waals surface area contributed by atoms with E-state index >= 15 is 0 Å². The highest BCUT2D eigenvalue weighted by Gasteiger charge is 2.23. The van der Waals surface area contributed by atoms with Crippen LogP contribution in [-0.2, 0) is 17.8 Å². The zero-order valence-electron chi connectivity index (χ0n) is 20.2. The molecule has 0 unspecified atom stereocenters. The zero-order chi connectivity index (χ0) is 23.8. The molecule has 2 heterocycles. The van der Waals surface area contributed by atoms with Crippen molar-refractivity contribution in [1.29, 1.82) is 0 Å². The maximum absolute atomic E-state index is 12.9. The third-order valence-electron chi connectivity index (χ3n) is 6.45. The minimum atomic E-state index is 0.196. The number of amides is 1. The van der Waals surface area contributed by atoms with Gasteiger partial charge < -0.3 is 14.2 Å². The smallest absolute Gasteiger partial charge is 0.233 e. The Morgan fingerprint density at radius 2 is 1.76 bits per heavy atom. The van der Waals surface area contributed by atoms with E-state index in [0.717, 1.165) is 55.6 Å². The summed E-state index contributed by atoms with van der Waals surface area (Å²) >= 11 is 1.49. The summed E-state index contributed by atoms with van der Waals surface area (Å²) in [5, 5.41) is 9.35. The summed E-state index contributed by atoms with van der Waals surface area (Å²) in [4.78, 5) is 14.9. The van der Waals surface area contributed by atoms with Crippen molar-refractivity contribution >= 4 is 17.7 Å². The van der Waals surface area contributed by atoms with E-state index in [4.69, 9.17) is 4.74 Å². The van der Waals surface area contributed by atoms with E-state index in [1.807, 2.05) is 36.9 Å². The minimum absolute atomic E-state index is 0.196. The lowest BCUT2D eigenvalue weighted by atomic mass is 9.90. The molecule has 7 heteroatoms. The van der Waals surface area contributed by atoms with Crippen molar-refractivity contribution in [2.75, 3.05) is 25.4 Å². The first-order chi connectivity index (χ1) is 16.6. The van der Waals surface area contributed by atoms with E-state index in [1.54, 1.807) is 0 Å². The second-order valence-electron chi connectivity index (χ2n) is 8.83. The fourth-order valence-electron chi connectivity index (χ4n) is 4.39. The number of rotatable bonds is 10. The first-order valence-electron chi connectivity index (χ1n) is 12.2. The lowest BCUT2D eigenvalue weighted by Crippen LogP contribution is -2.39. The lowest BCUT2D eigenvalue weighted by Gasteiger charge is -2.32. The predicted molar refractivity (Wildman–Crippen MR) is 136 cm³/mol. The molecule has 0 radical (unpaired) electrons. The molecule has 1 aliphatic heterocycles. The second-order valence-corrected chi connectivity index (χ2v) is 9.77. The van der Waals surface area contributed by atoms with Gasteiger partial charge in [0.25, 0.3) is 0 Å². The summed E-state index contributed by atoms with van der Waals surface area (Å²) in [6.45, 7) is 7.08. The van der Waals surface area contributed by atoms with Gasteiger partial charge in [-0.25, -0.2) is 0 Å². The van der Waals surface area contributed by atoms with Gasteiger partial charge in [-0.15, -0.1) is 10.2 Å². The summed E-state index contributed by atoms with van der Waals surface area (Å²) in [6.07, 6.45) is 4.41. The third-order valence-corrected chi connectivity index (χ3v) is 7.40. The van der Waals surface area contributed by atoms with Gasteiger partial charge >= 0.3 is 0 Å². The first kappa shape index (κ1) is 24.3. The zero-order valence-corrected chi connectivity index (χ0v) is 21.0. The van der Waals surface area contributed by atoms with E-state index in [-0.39, 0.29) is 5.91 Å². The molecular weight excluding hydrogens is 444 g/mol. The SMILES string of the molecule is CCOc1ccc(CCC2CCN(C(=O)CSc3nnc(C)n3Cc3ccccc3)CC2)cc1. The van der Waals surface area contributed by atoms with Crippen molar-refractivity contribution in [2.24, 2.45) is 5.92 Å². The number of thioether (sulfide) groups is 1. The molecular formula is C27H34N4O2S. The molecule has 1 saturated heterocycles. The van der Waals surface area contributed by atoms with Gasteiger partial charge in [0.2, 0.25) is 5.91 Å². The minimum Gasteiger partial charge on any atom is -0.494 e. The molecule has 1 aliphatic rings. The molecule has 1 aromatic heterocycles. The fraction of sp³-hybridized carbons (Fsp3) is 0.444. The maximum atomic E-state index is 12.9. The number of carbonyl (C=O) groups is 1. The Morgan fingerprint density at radius 3 is 2.47 bits per heavy atom. The number of benzene rings is 2. The first-order valence-corrected chi connectivity index (χ1v) is 13.2. The van der Waals surface area contributed by atoms with Crippen molar-refractivity contribution in [3.8, 4) is 5.75 Å². The van der Waals surface area contributed by atoms with Crippen LogP contribution >= 0.6 is 11.8 Å². The summed E-state index contributed by atoms with van der Waals surface area (Å²) in [7, 11) is 0. The van der Waals surface area contributed by atoms with E-state index in [2.05, 4.69) is 51.2 Å². The fourth-order valence-corrected chi connectivity index (χ4v) is 5.28. The number of ether oxygens (including phenoxy) is 1. The largest absolute Gasteiger partial charge is 0.494 e. The molecule has 34 heavy (non-hydrogen) atoms. The van der Waals surface area contributed by atoms with E-state index in [0.29, 0.717) is 18.3 Å². The van der Waals surface area contributed by atoms with Crippen LogP contribution in [0.4, 0.5) is 0 Å². The molecule has 3 aromatic rings. The lowest BCUT2D eigenvalue weighted by molar-refractivity contribution is -0.129. The van der Waals surface area contributed by atoms with Gasteiger partial charge in [0.05, 0.1) is 18.9 Å². The highest BCUT2D eigenvalue weighted by Crippen LogP contribution is 2.25. The average Bonchev–Trinajstić information content (AvgIpc) is 3.22. The quantitative estimate of drug-likeness (QED) is 0.384. The Kier molecular flexibility index (Phi) is 8.63. The van der Waals surface area contributed by atoms with E-state index < -0.39 is 0 Å². The van der Waals surface area contributed by atoms with Crippen LogP contribution in [0.5, 0.6) is 5.75 Å². The van der Waals surface area contributed by atoms with Crippen LogP contribution in [-0.4, -0.2) is 51.0 Å². The summed E-state index contributed by atoms with van der Waals surface area (Å²) in [6, 6.07) is 18.7. The van der Waals surface area contributed by atoms with Crippen LogP contribution in [0, 0.1) is 12.8 Å². The van der Waals surface area contributed by atoms with E-state index in [1.165, 1.54) is 29.3 Å². The van der Waals surface area contributed by atoms with Gasteiger partial charge in [0, 0.05) is 13.1 Å². The number of carbonyl (C=O) groups excluding carboxylic acids is 1. The Bertz CT molecular complexity index is 1040. The van der Waals surface area contributed by atoms with Crippen molar-refractivity contribution in [3.63, 3.8) is 0 Å². The molecule has 1 amide bonds. The van der Waals surface area contributed by atoms with Gasteiger partial charge in [-0.2, -0.15) is 0 Å². The number of aryl methyl sites for hydroxylation is 2. The van der Waals surface area contributed by atoms with Gasteiger partial charge in [-0.05, 0) is 68.7 Å². The number of aromatic nitrogens is 3. The number of hydrogen-bond acceptors (Lipinski definition) is 5. The van der Waals surface area contributed by atoms with Crippen molar-refractivity contribution in [3.05, 3.63) is 71.5 Å². The van der Waals surface area contributed by atoms with Gasteiger partial charge in [-0.3, -0.25) is 4.79 Å². The molecule has 0 atom stereocenters. The number of hydrogen-bond donors (Lipinski definition) is 0. The molecule has 0 saturated carbocycles. The summed E-state index contributed by atoms with van der Waals surface area (Å²) < 4.78 is 7.61. The van der Waals surface area contributed by atoms with Crippen LogP contribution < -0.4 is 4.74 Å². The molecule has 0 N–H and O–H groups in total. The normalized spacial score (nSPS) is 14.4. The third kappa shape index (κ3) is 6.63. The highest BCUT2D eigenvalue weighted by atomic mass is 32.2.